The normalized spacial score (nSPS) is 11.7. The molecule has 0 spiro atoms. The van der Waals surface area contributed by atoms with Gasteiger partial charge < -0.3 is 9.84 Å². The third kappa shape index (κ3) is 2.16. The average molecular weight is 229 g/mol. The molecular weight excluding hydrogens is 223 g/mol. The van der Waals surface area contributed by atoms with E-state index >= 15 is 0 Å². The molecule has 3 nitrogen and oxygen atoms in total. The van der Waals surface area contributed by atoms with Crippen molar-refractivity contribution in [3.63, 3.8) is 0 Å². The smallest absolute Gasteiger partial charge is 0.506 e. The van der Waals surface area contributed by atoms with Gasteiger partial charge in [-0.25, -0.2) is 4.98 Å². The van der Waals surface area contributed by atoms with Gasteiger partial charge in [0.2, 0.25) is 0 Å². The van der Waals surface area contributed by atoms with E-state index in [1.165, 1.54) is 24.3 Å². The Balaban J connectivity index is 2.54. The minimum atomic E-state index is -4.76. The molecule has 0 fully saturated rings. The summed E-state index contributed by atoms with van der Waals surface area (Å²) in [6, 6.07) is 5.40. The number of fused-ring (bicyclic) bond motifs is 1. The van der Waals surface area contributed by atoms with Crippen molar-refractivity contribution in [1.82, 2.24) is 4.98 Å². The van der Waals surface area contributed by atoms with Crippen LogP contribution < -0.4 is 4.74 Å². The summed E-state index contributed by atoms with van der Waals surface area (Å²) < 4.78 is 40.0. The van der Waals surface area contributed by atoms with E-state index in [0.29, 0.717) is 5.39 Å². The molecular formula is C10H6F3NO2. The number of aromatic nitrogens is 1. The number of nitrogens with zero attached hydrogens (tertiary/aromatic N) is 1. The van der Waals surface area contributed by atoms with Gasteiger partial charge in [-0.05, 0) is 12.1 Å². The van der Waals surface area contributed by atoms with Crippen LogP contribution in [-0.2, 0) is 0 Å². The third-order valence-corrected chi connectivity index (χ3v) is 1.89. The van der Waals surface area contributed by atoms with E-state index in [-0.39, 0.29) is 17.0 Å². The molecule has 0 amide bonds. The highest BCUT2D eigenvalue weighted by Gasteiger charge is 2.31. The fourth-order valence-corrected chi connectivity index (χ4v) is 1.33. The maximum absolute atomic E-state index is 12.0. The summed E-state index contributed by atoms with van der Waals surface area (Å²) in [6.45, 7) is 0. The van der Waals surface area contributed by atoms with Crippen molar-refractivity contribution in [2.45, 2.75) is 6.36 Å². The molecule has 84 valence electrons. The second-order valence-corrected chi connectivity index (χ2v) is 3.07. The van der Waals surface area contributed by atoms with Crippen LogP contribution >= 0.6 is 0 Å². The van der Waals surface area contributed by atoms with Crippen LogP contribution in [0.1, 0.15) is 0 Å². The summed E-state index contributed by atoms with van der Waals surface area (Å²) in [7, 11) is 0. The number of pyridine rings is 1. The third-order valence-electron chi connectivity index (χ3n) is 1.89. The molecule has 1 aromatic carbocycles. The van der Waals surface area contributed by atoms with Crippen molar-refractivity contribution in [2.24, 2.45) is 0 Å². The van der Waals surface area contributed by atoms with E-state index in [1.807, 2.05) is 0 Å². The van der Waals surface area contributed by atoms with Crippen LogP contribution in [0, 0.1) is 0 Å². The van der Waals surface area contributed by atoms with Crippen LogP contribution in [-0.4, -0.2) is 16.5 Å². The molecule has 2 rings (SSSR count). The fraction of sp³-hybridized carbons (Fsp3) is 0.100. The summed E-state index contributed by atoms with van der Waals surface area (Å²) in [5.74, 6) is -0.498. The summed E-state index contributed by atoms with van der Waals surface area (Å²) in [4.78, 5) is 3.69. The number of para-hydroxylation sites is 1. The second kappa shape index (κ2) is 3.55. The first kappa shape index (κ1) is 10.5. The van der Waals surface area contributed by atoms with Crippen LogP contribution in [0.4, 0.5) is 13.2 Å². The van der Waals surface area contributed by atoms with Crippen molar-refractivity contribution >= 4 is 10.9 Å². The van der Waals surface area contributed by atoms with Gasteiger partial charge in [0.25, 0.3) is 0 Å². The molecule has 0 saturated heterocycles. The van der Waals surface area contributed by atoms with E-state index in [1.54, 1.807) is 0 Å². The van der Waals surface area contributed by atoms with Crippen LogP contribution in [0.5, 0.6) is 11.5 Å². The monoisotopic (exact) mass is 229 g/mol. The topological polar surface area (TPSA) is 42.4 Å². The summed E-state index contributed by atoms with van der Waals surface area (Å²) in [5, 5.41) is 9.50. The molecule has 1 N–H and O–H groups in total. The van der Waals surface area contributed by atoms with Gasteiger partial charge in [-0.2, -0.15) is 0 Å². The zero-order chi connectivity index (χ0) is 11.8. The van der Waals surface area contributed by atoms with Gasteiger partial charge in [-0.1, -0.05) is 12.1 Å². The first-order valence-electron chi connectivity index (χ1n) is 4.29. The van der Waals surface area contributed by atoms with Crippen LogP contribution in [0.15, 0.2) is 30.5 Å². The van der Waals surface area contributed by atoms with Gasteiger partial charge in [0.15, 0.2) is 5.75 Å². The second-order valence-electron chi connectivity index (χ2n) is 3.07. The van der Waals surface area contributed by atoms with Gasteiger partial charge in [-0.3, -0.25) is 0 Å². The van der Waals surface area contributed by atoms with Crippen LogP contribution in [0.3, 0.4) is 0 Å². The lowest BCUT2D eigenvalue weighted by atomic mass is 10.2. The highest BCUT2D eigenvalue weighted by molar-refractivity contribution is 5.85. The molecule has 0 atom stereocenters. The Kier molecular flexibility index (Phi) is 2.34. The van der Waals surface area contributed by atoms with Crippen molar-refractivity contribution < 1.29 is 23.0 Å². The van der Waals surface area contributed by atoms with Gasteiger partial charge in [0, 0.05) is 5.39 Å². The van der Waals surface area contributed by atoms with Gasteiger partial charge in [0.05, 0.1) is 6.20 Å². The van der Waals surface area contributed by atoms with Crippen molar-refractivity contribution in [3.05, 3.63) is 30.5 Å². The Morgan fingerprint density at radius 1 is 1.25 bits per heavy atom. The largest absolute Gasteiger partial charge is 0.573 e. The predicted molar refractivity (Wildman–Crippen MR) is 50.1 cm³/mol. The van der Waals surface area contributed by atoms with Crippen LogP contribution in [0.25, 0.3) is 10.9 Å². The lowest BCUT2D eigenvalue weighted by Gasteiger charge is -2.10. The first-order valence-corrected chi connectivity index (χ1v) is 4.29. The lowest BCUT2D eigenvalue weighted by molar-refractivity contribution is -0.274. The highest BCUT2D eigenvalue weighted by atomic mass is 19.4. The molecule has 0 saturated carbocycles. The number of alkyl halides is 3. The van der Waals surface area contributed by atoms with Gasteiger partial charge >= 0.3 is 6.36 Å². The molecule has 0 aliphatic heterocycles. The molecule has 0 bridgehead atoms. The lowest BCUT2D eigenvalue weighted by Crippen LogP contribution is -2.17. The van der Waals surface area contributed by atoms with E-state index in [0.717, 1.165) is 6.20 Å². The molecule has 2 aromatic rings. The molecule has 16 heavy (non-hydrogen) atoms. The van der Waals surface area contributed by atoms with Crippen molar-refractivity contribution in [3.8, 4) is 11.5 Å². The average Bonchev–Trinajstić information content (AvgIpc) is 2.15. The van der Waals surface area contributed by atoms with Crippen molar-refractivity contribution in [1.29, 1.82) is 0 Å². The standard InChI is InChI=1S/C10H6F3NO2/c11-10(12,13)16-8-3-1-2-6-4-7(15)5-14-9(6)8/h1-5,15H. The highest BCUT2D eigenvalue weighted by Crippen LogP contribution is 2.30. The Labute approximate surface area is 88.1 Å². The number of benzene rings is 1. The van der Waals surface area contributed by atoms with E-state index in [9.17, 15) is 13.2 Å². The van der Waals surface area contributed by atoms with Crippen molar-refractivity contribution in [2.75, 3.05) is 0 Å². The molecule has 0 radical (unpaired) electrons. The zero-order valence-corrected chi connectivity index (χ0v) is 7.82. The minimum absolute atomic E-state index is 0.0534. The molecule has 1 aromatic heterocycles. The molecule has 1 heterocycles. The summed E-state index contributed by atoms with van der Waals surface area (Å²) in [5.41, 5.74) is 0.0534. The maximum atomic E-state index is 12.0. The van der Waals surface area contributed by atoms with E-state index < -0.39 is 6.36 Å². The predicted octanol–water partition coefficient (Wildman–Crippen LogP) is 2.84. The summed E-state index contributed by atoms with van der Waals surface area (Å²) in [6.07, 6.45) is -3.70. The Morgan fingerprint density at radius 2 is 2.00 bits per heavy atom. The molecule has 0 aliphatic carbocycles. The number of hydrogen-bond donors (Lipinski definition) is 1. The zero-order valence-electron chi connectivity index (χ0n) is 7.82. The number of aromatic hydroxyl groups is 1. The number of ether oxygens (including phenoxy) is 1. The minimum Gasteiger partial charge on any atom is -0.506 e. The molecule has 0 aliphatic rings. The number of halogens is 3. The van der Waals surface area contributed by atoms with Gasteiger partial charge in [0.1, 0.15) is 11.3 Å². The SMILES string of the molecule is Oc1cnc2c(OC(F)(F)F)cccc2c1. The maximum Gasteiger partial charge on any atom is 0.573 e. The fourth-order valence-electron chi connectivity index (χ4n) is 1.33. The quantitative estimate of drug-likeness (QED) is 0.817. The van der Waals surface area contributed by atoms with E-state index in [4.69, 9.17) is 5.11 Å². The molecule has 0 unspecified atom stereocenters. The molecule has 6 heteroatoms. The number of rotatable bonds is 1. The van der Waals surface area contributed by atoms with E-state index in [2.05, 4.69) is 9.72 Å². The first-order chi connectivity index (χ1) is 7.46. The van der Waals surface area contributed by atoms with Gasteiger partial charge in [-0.15, -0.1) is 13.2 Å². The number of hydrogen-bond acceptors (Lipinski definition) is 3. The Bertz CT molecular complexity index is 525. The summed E-state index contributed by atoms with van der Waals surface area (Å²) >= 11 is 0. The Morgan fingerprint density at radius 3 is 2.69 bits per heavy atom. The Hall–Kier alpha value is -1.98. The van der Waals surface area contributed by atoms with Crippen LogP contribution in [0.2, 0.25) is 0 Å².